The summed E-state index contributed by atoms with van der Waals surface area (Å²) in [5.41, 5.74) is 5.90. The molecule has 0 radical (unpaired) electrons. The van der Waals surface area contributed by atoms with Crippen LogP contribution < -0.4 is 11.1 Å². The molecule has 0 aromatic heterocycles. The van der Waals surface area contributed by atoms with Crippen molar-refractivity contribution in [1.29, 1.82) is 0 Å². The normalized spacial score (nSPS) is 13.7. The van der Waals surface area contributed by atoms with Crippen LogP contribution in [0.4, 0.5) is 0 Å². The highest BCUT2D eigenvalue weighted by Gasteiger charge is 2.22. The maximum absolute atomic E-state index is 11.6. The Morgan fingerprint density at radius 2 is 1.94 bits per heavy atom. The fraction of sp³-hybridized carbons (Fsp3) is 0.923. The molecular formula is C13H29N3O2. The van der Waals surface area contributed by atoms with Crippen molar-refractivity contribution in [3.8, 4) is 0 Å². The first-order valence-corrected chi connectivity index (χ1v) is 6.48. The van der Waals surface area contributed by atoms with Crippen molar-refractivity contribution < 1.29 is 9.53 Å². The maximum atomic E-state index is 11.6. The van der Waals surface area contributed by atoms with Gasteiger partial charge in [0, 0.05) is 25.6 Å². The van der Waals surface area contributed by atoms with Crippen LogP contribution in [-0.2, 0) is 9.53 Å². The van der Waals surface area contributed by atoms with E-state index >= 15 is 0 Å². The summed E-state index contributed by atoms with van der Waals surface area (Å²) < 4.78 is 5.38. The van der Waals surface area contributed by atoms with Crippen molar-refractivity contribution in [2.45, 2.75) is 33.2 Å². The van der Waals surface area contributed by atoms with E-state index in [9.17, 15) is 4.79 Å². The first kappa shape index (κ1) is 17.4. The Morgan fingerprint density at radius 1 is 1.33 bits per heavy atom. The SMILES string of the molecule is CN(C)CCOCCNC(=O)CC(N)C(C)(C)C. The van der Waals surface area contributed by atoms with Crippen LogP contribution in [0.2, 0.25) is 0 Å². The summed E-state index contributed by atoms with van der Waals surface area (Å²) in [6, 6.07) is -0.118. The fourth-order valence-corrected chi connectivity index (χ4v) is 1.19. The summed E-state index contributed by atoms with van der Waals surface area (Å²) in [4.78, 5) is 13.6. The Labute approximate surface area is 111 Å². The number of nitrogens with two attached hydrogens (primary N) is 1. The molecule has 0 heterocycles. The van der Waals surface area contributed by atoms with E-state index in [1.807, 2.05) is 34.9 Å². The Bertz CT molecular complexity index is 237. The zero-order chi connectivity index (χ0) is 14.2. The molecule has 0 bridgehead atoms. The number of likely N-dealkylation sites (N-methyl/N-ethyl adjacent to an activating group) is 1. The quantitative estimate of drug-likeness (QED) is 0.621. The summed E-state index contributed by atoms with van der Waals surface area (Å²) in [6.45, 7) is 8.78. The number of carbonyl (C=O) groups is 1. The summed E-state index contributed by atoms with van der Waals surface area (Å²) >= 11 is 0. The van der Waals surface area contributed by atoms with Gasteiger partial charge in [0.1, 0.15) is 0 Å². The molecule has 18 heavy (non-hydrogen) atoms. The number of nitrogens with zero attached hydrogens (tertiary/aromatic N) is 1. The van der Waals surface area contributed by atoms with Crippen molar-refractivity contribution in [2.75, 3.05) is 40.4 Å². The lowest BCUT2D eigenvalue weighted by Gasteiger charge is -2.26. The van der Waals surface area contributed by atoms with E-state index in [4.69, 9.17) is 10.5 Å². The van der Waals surface area contributed by atoms with E-state index in [0.717, 1.165) is 6.54 Å². The monoisotopic (exact) mass is 259 g/mol. The molecule has 108 valence electrons. The van der Waals surface area contributed by atoms with Gasteiger partial charge in [-0.3, -0.25) is 4.79 Å². The van der Waals surface area contributed by atoms with Gasteiger partial charge in [-0.05, 0) is 19.5 Å². The van der Waals surface area contributed by atoms with Gasteiger partial charge in [0.05, 0.1) is 13.2 Å². The summed E-state index contributed by atoms with van der Waals surface area (Å²) in [5.74, 6) is -0.00589. The molecule has 0 saturated heterocycles. The lowest BCUT2D eigenvalue weighted by Crippen LogP contribution is -2.40. The van der Waals surface area contributed by atoms with Crippen LogP contribution in [0.5, 0.6) is 0 Å². The van der Waals surface area contributed by atoms with Gasteiger partial charge in [-0.25, -0.2) is 0 Å². The Kier molecular flexibility index (Phi) is 8.15. The van der Waals surface area contributed by atoms with Gasteiger partial charge in [0.2, 0.25) is 5.91 Å². The van der Waals surface area contributed by atoms with Crippen LogP contribution in [-0.4, -0.2) is 57.2 Å². The molecule has 1 atom stereocenters. The van der Waals surface area contributed by atoms with Gasteiger partial charge < -0.3 is 20.7 Å². The molecule has 1 unspecified atom stereocenters. The maximum Gasteiger partial charge on any atom is 0.221 e. The molecule has 0 aliphatic heterocycles. The molecule has 0 fully saturated rings. The predicted molar refractivity (Wildman–Crippen MR) is 74.4 cm³/mol. The van der Waals surface area contributed by atoms with Gasteiger partial charge in [-0.15, -0.1) is 0 Å². The molecule has 0 aliphatic rings. The first-order valence-electron chi connectivity index (χ1n) is 6.48. The second kappa shape index (κ2) is 8.45. The number of hydrogen-bond donors (Lipinski definition) is 2. The van der Waals surface area contributed by atoms with Gasteiger partial charge in [-0.1, -0.05) is 20.8 Å². The smallest absolute Gasteiger partial charge is 0.221 e. The fourth-order valence-electron chi connectivity index (χ4n) is 1.19. The number of ether oxygens (including phenoxy) is 1. The van der Waals surface area contributed by atoms with Crippen molar-refractivity contribution in [3.63, 3.8) is 0 Å². The summed E-state index contributed by atoms with van der Waals surface area (Å²) in [7, 11) is 4.00. The van der Waals surface area contributed by atoms with Crippen LogP contribution in [0.3, 0.4) is 0 Å². The van der Waals surface area contributed by atoms with Gasteiger partial charge >= 0.3 is 0 Å². The zero-order valence-electron chi connectivity index (χ0n) is 12.5. The highest BCUT2D eigenvalue weighted by Crippen LogP contribution is 2.19. The third kappa shape index (κ3) is 9.39. The number of hydrogen-bond acceptors (Lipinski definition) is 4. The van der Waals surface area contributed by atoms with Crippen LogP contribution in [0.25, 0.3) is 0 Å². The van der Waals surface area contributed by atoms with Gasteiger partial charge in [0.15, 0.2) is 0 Å². The van der Waals surface area contributed by atoms with Crippen molar-refractivity contribution in [2.24, 2.45) is 11.1 Å². The minimum absolute atomic E-state index is 0.00589. The molecule has 0 spiro atoms. The topological polar surface area (TPSA) is 67.6 Å². The Hall–Kier alpha value is -0.650. The largest absolute Gasteiger partial charge is 0.378 e. The number of nitrogens with one attached hydrogen (secondary N) is 1. The molecule has 1 amide bonds. The molecular weight excluding hydrogens is 230 g/mol. The molecule has 0 aromatic carbocycles. The van der Waals surface area contributed by atoms with Crippen LogP contribution in [0.15, 0.2) is 0 Å². The van der Waals surface area contributed by atoms with Crippen LogP contribution >= 0.6 is 0 Å². The average molecular weight is 259 g/mol. The molecule has 0 aromatic rings. The highest BCUT2D eigenvalue weighted by molar-refractivity contribution is 5.76. The second-order valence-electron chi connectivity index (χ2n) is 5.94. The lowest BCUT2D eigenvalue weighted by molar-refractivity contribution is -0.122. The second-order valence-corrected chi connectivity index (χ2v) is 5.94. The highest BCUT2D eigenvalue weighted by atomic mass is 16.5. The summed E-state index contributed by atoms with van der Waals surface area (Å²) in [6.07, 6.45) is 0.362. The van der Waals surface area contributed by atoms with E-state index < -0.39 is 0 Å². The third-order valence-corrected chi connectivity index (χ3v) is 2.77. The predicted octanol–water partition coefficient (Wildman–Crippen LogP) is 0.444. The standard InChI is InChI=1S/C13H29N3O2/c1-13(2,3)11(14)10-12(17)15-6-8-18-9-7-16(4)5/h11H,6-10,14H2,1-5H3,(H,15,17). The molecule has 0 saturated carbocycles. The molecule has 5 nitrogen and oxygen atoms in total. The number of amides is 1. The van der Waals surface area contributed by atoms with E-state index in [-0.39, 0.29) is 17.4 Å². The average Bonchev–Trinajstić information content (AvgIpc) is 2.21. The van der Waals surface area contributed by atoms with Gasteiger partial charge in [0.25, 0.3) is 0 Å². The molecule has 0 aliphatic carbocycles. The van der Waals surface area contributed by atoms with Gasteiger partial charge in [-0.2, -0.15) is 0 Å². The van der Waals surface area contributed by atoms with Crippen molar-refractivity contribution in [1.82, 2.24) is 10.2 Å². The van der Waals surface area contributed by atoms with Crippen LogP contribution in [0, 0.1) is 5.41 Å². The van der Waals surface area contributed by atoms with Crippen molar-refractivity contribution >= 4 is 5.91 Å². The Balaban J connectivity index is 3.54. The van der Waals surface area contributed by atoms with Crippen LogP contribution in [0.1, 0.15) is 27.2 Å². The number of rotatable bonds is 8. The van der Waals surface area contributed by atoms with E-state index in [2.05, 4.69) is 10.2 Å². The summed E-state index contributed by atoms with van der Waals surface area (Å²) in [5, 5.41) is 2.82. The molecule has 0 rings (SSSR count). The van der Waals surface area contributed by atoms with E-state index in [1.165, 1.54) is 0 Å². The molecule has 5 heteroatoms. The Morgan fingerprint density at radius 3 is 2.44 bits per heavy atom. The first-order chi connectivity index (χ1) is 8.23. The van der Waals surface area contributed by atoms with Crippen molar-refractivity contribution in [3.05, 3.63) is 0 Å². The van der Waals surface area contributed by atoms with E-state index in [1.54, 1.807) is 0 Å². The minimum Gasteiger partial charge on any atom is -0.378 e. The molecule has 3 N–H and O–H groups in total. The third-order valence-electron chi connectivity index (χ3n) is 2.77. The number of carbonyl (C=O) groups excluding carboxylic acids is 1. The zero-order valence-corrected chi connectivity index (χ0v) is 12.5. The van der Waals surface area contributed by atoms with E-state index in [0.29, 0.717) is 26.2 Å². The minimum atomic E-state index is -0.118. The lowest BCUT2D eigenvalue weighted by atomic mass is 9.85.